The zero-order chi connectivity index (χ0) is 14.9. The summed E-state index contributed by atoms with van der Waals surface area (Å²) in [6.45, 7) is 10.7. The first-order valence-electron chi connectivity index (χ1n) is 7.11. The van der Waals surface area contributed by atoms with Crippen molar-refractivity contribution in [2.24, 2.45) is 5.92 Å². The highest BCUT2D eigenvalue weighted by Crippen LogP contribution is 2.31. The van der Waals surface area contributed by atoms with Crippen molar-refractivity contribution in [2.45, 2.75) is 57.9 Å². The molecule has 2 aromatic heterocycles. The van der Waals surface area contributed by atoms with E-state index in [-0.39, 0.29) is 5.56 Å². The molecule has 0 radical (unpaired) electrons. The van der Waals surface area contributed by atoms with E-state index in [1.165, 1.54) is 10.4 Å². The van der Waals surface area contributed by atoms with E-state index in [4.69, 9.17) is 0 Å². The third kappa shape index (κ3) is 3.26. The Hall–Kier alpha value is -0.810. The minimum atomic E-state index is 0.0146. The Morgan fingerprint density at radius 2 is 2.05 bits per heavy atom. The van der Waals surface area contributed by atoms with Crippen LogP contribution in [0.3, 0.4) is 0 Å². The molecule has 3 nitrogen and oxygen atoms in total. The molecule has 0 bridgehead atoms. The summed E-state index contributed by atoms with van der Waals surface area (Å²) in [7, 11) is 0. The van der Waals surface area contributed by atoms with Gasteiger partial charge in [-0.25, -0.2) is 4.98 Å². The van der Waals surface area contributed by atoms with Crippen LogP contribution in [0.2, 0.25) is 0 Å². The lowest BCUT2D eigenvalue weighted by atomic mass is 9.98. The van der Waals surface area contributed by atoms with Gasteiger partial charge >= 0.3 is 0 Å². The first-order valence-corrected chi connectivity index (χ1v) is 8.80. The van der Waals surface area contributed by atoms with Crippen molar-refractivity contribution in [1.82, 2.24) is 9.97 Å². The minimum absolute atomic E-state index is 0.0146. The lowest BCUT2D eigenvalue weighted by molar-refractivity contribution is 0.561. The first kappa shape index (κ1) is 15.6. The number of fused-ring (bicyclic) bond motifs is 1. The van der Waals surface area contributed by atoms with Crippen molar-refractivity contribution in [3.05, 3.63) is 20.8 Å². The molecule has 0 saturated carbocycles. The first-order chi connectivity index (χ1) is 9.42. The van der Waals surface area contributed by atoms with Crippen molar-refractivity contribution < 1.29 is 0 Å². The zero-order valence-corrected chi connectivity index (χ0v) is 14.4. The Balaban J connectivity index is 2.51. The fraction of sp³-hybridized carbons (Fsp3) is 0.600. The number of thiophene rings is 1. The summed E-state index contributed by atoms with van der Waals surface area (Å²) in [5.74, 6) is 0.593. The molecule has 2 rings (SSSR count). The van der Waals surface area contributed by atoms with E-state index in [2.05, 4.69) is 44.6 Å². The van der Waals surface area contributed by atoms with Gasteiger partial charge in [0.1, 0.15) is 4.83 Å². The van der Waals surface area contributed by atoms with Crippen molar-refractivity contribution in [1.29, 1.82) is 0 Å². The van der Waals surface area contributed by atoms with Gasteiger partial charge in [-0.15, -0.1) is 11.3 Å². The summed E-state index contributed by atoms with van der Waals surface area (Å²) in [5.41, 5.74) is 1.20. The van der Waals surface area contributed by atoms with Crippen LogP contribution < -0.4 is 5.56 Å². The molecule has 2 aromatic rings. The summed E-state index contributed by atoms with van der Waals surface area (Å²) in [5, 5.41) is 1.95. The summed E-state index contributed by atoms with van der Waals surface area (Å²) in [6.07, 6.45) is 2.09. The Kier molecular flexibility index (Phi) is 4.91. The average molecular weight is 310 g/mol. The third-order valence-electron chi connectivity index (χ3n) is 3.44. The van der Waals surface area contributed by atoms with Gasteiger partial charge in [0.2, 0.25) is 0 Å². The lowest BCUT2D eigenvalue weighted by Gasteiger charge is -2.08. The predicted molar refractivity (Wildman–Crippen MR) is 89.1 cm³/mol. The van der Waals surface area contributed by atoms with Gasteiger partial charge < -0.3 is 4.98 Å². The number of aromatic nitrogens is 2. The summed E-state index contributed by atoms with van der Waals surface area (Å²) >= 11 is 3.24. The molecule has 0 saturated heterocycles. The summed E-state index contributed by atoms with van der Waals surface area (Å²) in [4.78, 5) is 22.0. The molecule has 0 aromatic carbocycles. The van der Waals surface area contributed by atoms with Crippen molar-refractivity contribution in [3.63, 3.8) is 0 Å². The number of hydrogen-bond donors (Lipinski definition) is 1. The van der Waals surface area contributed by atoms with Crippen LogP contribution in [0.4, 0.5) is 0 Å². The molecule has 0 aliphatic heterocycles. The van der Waals surface area contributed by atoms with Crippen LogP contribution in [0.15, 0.2) is 9.95 Å². The van der Waals surface area contributed by atoms with Gasteiger partial charge in [-0.3, -0.25) is 4.79 Å². The highest BCUT2D eigenvalue weighted by molar-refractivity contribution is 7.99. The standard InChI is InChI=1S/C15H22N2OS2/c1-6-9(4)7-11-10(5)20-14-12(11)13(18)16-15(17-14)19-8(2)3/h8-9H,6-7H2,1-5H3,(H,16,17,18). The number of nitrogens with zero attached hydrogens (tertiary/aromatic N) is 1. The Labute approximate surface area is 128 Å². The maximum absolute atomic E-state index is 12.4. The van der Waals surface area contributed by atoms with E-state index in [1.807, 2.05) is 0 Å². The summed E-state index contributed by atoms with van der Waals surface area (Å²) < 4.78 is 0. The predicted octanol–water partition coefficient (Wildman–Crippen LogP) is 4.38. The molecule has 20 heavy (non-hydrogen) atoms. The van der Waals surface area contributed by atoms with Crippen LogP contribution in [0.5, 0.6) is 0 Å². The second-order valence-corrected chi connectivity index (χ2v) is 8.34. The van der Waals surface area contributed by atoms with Gasteiger partial charge in [0.05, 0.1) is 5.39 Å². The number of aromatic amines is 1. The van der Waals surface area contributed by atoms with Crippen LogP contribution in [0.25, 0.3) is 10.2 Å². The highest BCUT2D eigenvalue weighted by atomic mass is 32.2. The number of aryl methyl sites for hydroxylation is 1. The van der Waals surface area contributed by atoms with E-state index in [1.54, 1.807) is 23.1 Å². The molecule has 1 atom stereocenters. The van der Waals surface area contributed by atoms with E-state index in [0.717, 1.165) is 28.2 Å². The molecule has 0 aliphatic rings. The number of thioether (sulfide) groups is 1. The lowest BCUT2D eigenvalue weighted by Crippen LogP contribution is -2.11. The van der Waals surface area contributed by atoms with E-state index < -0.39 is 0 Å². The van der Waals surface area contributed by atoms with Crippen LogP contribution >= 0.6 is 23.1 Å². The monoisotopic (exact) mass is 310 g/mol. The van der Waals surface area contributed by atoms with Crippen molar-refractivity contribution in [3.8, 4) is 0 Å². The fourth-order valence-electron chi connectivity index (χ4n) is 2.17. The topological polar surface area (TPSA) is 45.8 Å². The number of rotatable bonds is 5. The van der Waals surface area contributed by atoms with Crippen molar-refractivity contribution >= 4 is 33.3 Å². The number of hydrogen-bond acceptors (Lipinski definition) is 4. The molecular formula is C15H22N2OS2. The van der Waals surface area contributed by atoms with E-state index in [9.17, 15) is 4.79 Å². The summed E-state index contributed by atoms with van der Waals surface area (Å²) in [6, 6.07) is 0. The molecule has 0 spiro atoms. The minimum Gasteiger partial charge on any atom is -0.301 e. The maximum atomic E-state index is 12.4. The number of H-pyrrole nitrogens is 1. The second kappa shape index (κ2) is 6.31. The quantitative estimate of drug-likeness (QED) is 0.658. The molecule has 1 N–H and O–H groups in total. The van der Waals surface area contributed by atoms with Gasteiger partial charge in [-0.05, 0) is 24.8 Å². The zero-order valence-electron chi connectivity index (χ0n) is 12.7. The molecule has 2 heterocycles. The SMILES string of the molecule is CCC(C)Cc1c(C)sc2nc(SC(C)C)[nH]c(=O)c12. The maximum Gasteiger partial charge on any atom is 0.260 e. The number of nitrogens with one attached hydrogen (secondary N) is 1. The fourth-order valence-corrected chi connectivity index (χ4v) is 4.03. The van der Waals surface area contributed by atoms with E-state index >= 15 is 0 Å². The molecule has 0 aliphatic carbocycles. The van der Waals surface area contributed by atoms with Gasteiger partial charge in [-0.1, -0.05) is 45.9 Å². The molecular weight excluding hydrogens is 288 g/mol. The Morgan fingerprint density at radius 1 is 1.35 bits per heavy atom. The molecule has 5 heteroatoms. The molecule has 0 amide bonds. The second-order valence-electron chi connectivity index (χ2n) is 5.57. The molecule has 1 unspecified atom stereocenters. The van der Waals surface area contributed by atoms with Gasteiger partial charge in [0.15, 0.2) is 5.16 Å². The van der Waals surface area contributed by atoms with Crippen molar-refractivity contribution in [2.75, 3.05) is 0 Å². The van der Waals surface area contributed by atoms with Crippen LogP contribution in [-0.2, 0) is 6.42 Å². The molecule has 110 valence electrons. The van der Waals surface area contributed by atoms with Gasteiger partial charge in [0, 0.05) is 10.1 Å². The van der Waals surface area contributed by atoms with Crippen LogP contribution in [0, 0.1) is 12.8 Å². The smallest absolute Gasteiger partial charge is 0.260 e. The van der Waals surface area contributed by atoms with Crippen LogP contribution in [-0.4, -0.2) is 15.2 Å². The normalized spacial score (nSPS) is 13.3. The molecule has 0 fully saturated rings. The van der Waals surface area contributed by atoms with Crippen LogP contribution in [0.1, 0.15) is 44.6 Å². The van der Waals surface area contributed by atoms with Gasteiger partial charge in [0.25, 0.3) is 5.56 Å². The largest absolute Gasteiger partial charge is 0.301 e. The Morgan fingerprint density at radius 3 is 2.65 bits per heavy atom. The van der Waals surface area contributed by atoms with Gasteiger partial charge in [-0.2, -0.15) is 0 Å². The Bertz CT molecular complexity index is 658. The third-order valence-corrected chi connectivity index (χ3v) is 5.37. The highest BCUT2D eigenvalue weighted by Gasteiger charge is 2.17. The average Bonchev–Trinajstić information content (AvgIpc) is 2.65. The van der Waals surface area contributed by atoms with E-state index in [0.29, 0.717) is 11.2 Å².